The first-order chi connectivity index (χ1) is 12.2. The van der Waals surface area contributed by atoms with Gasteiger partial charge in [0.1, 0.15) is 5.75 Å². The monoisotopic (exact) mass is 346 g/mol. The van der Waals surface area contributed by atoms with Crippen LogP contribution in [0.2, 0.25) is 0 Å². The van der Waals surface area contributed by atoms with Gasteiger partial charge in [0.25, 0.3) is 0 Å². The van der Waals surface area contributed by atoms with E-state index in [1.807, 2.05) is 31.2 Å². The number of rotatable bonds is 6. The smallest absolute Gasteiger partial charge is 0.227 e. The second-order valence-corrected chi connectivity index (χ2v) is 7.31. The Morgan fingerprint density at radius 1 is 1.28 bits per heavy atom. The van der Waals surface area contributed by atoms with Crippen molar-refractivity contribution in [3.8, 4) is 5.75 Å². The second-order valence-electron chi connectivity index (χ2n) is 7.31. The van der Waals surface area contributed by atoms with Crippen LogP contribution in [0.25, 0.3) is 0 Å². The molecule has 1 N–H and O–H groups in total. The van der Waals surface area contributed by atoms with Gasteiger partial charge in [-0.25, -0.2) is 0 Å². The third-order valence-corrected chi connectivity index (χ3v) is 5.48. The molecular weight excluding hydrogens is 316 g/mol. The minimum absolute atomic E-state index is 0.118. The highest BCUT2D eigenvalue weighted by atomic mass is 16.5. The topological polar surface area (TPSA) is 50.8 Å². The first-order valence-electron chi connectivity index (χ1n) is 9.40. The molecule has 2 fully saturated rings. The molecule has 1 aromatic rings. The van der Waals surface area contributed by atoms with Crippen molar-refractivity contribution < 1.29 is 14.3 Å². The van der Waals surface area contributed by atoms with Crippen molar-refractivity contribution in [3.63, 3.8) is 0 Å². The van der Waals surface area contributed by atoms with Crippen LogP contribution < -0.4 is 10.1 Å². The predicted molar refractivity (Wildman–Crippen MR) is 97.9 cm³/mol. The van der Waals surface area contributed by atoms with Crippen molar-refractivity contribution in [2.75, 3.05) is 40.0 Å². The standard InChI is InChI=1S/C20H30N2O3/c1-15(17-3-5-19(24-2)6-4-17)20(23)21-18-7-10-22(11-8-18)13-16-9-12-25-14-16/h3-6,15-16,18H,7-14H2,1-2H3,(H,21,23). The molecule has 0 spiro atoms. The number of hydrogen-bond acceptors (Lipinski definition) is 4. The van der Waals surface area contributed by atoms with E-state index >= 15 is 0 Å². The molecule has 25 heavy (non-hydrogen) atoms. The Labute approximate surface area is 150 Å². The maximum atomic E-state index is 12.6. The van der Waals surface area contributed by atoms with E-state index in [2.05, 4.69) is 10.2 Å². The van der Waals surface area contributed by atoms with Gasteiger partial charge in [0.05, 0.1) is 19.6 Å². The lowest BCUT2D eigenvalue weighted by Gasteiger charge is -2.34. The summed E-state index contributed by atoms with van der Waals surface area (Å²) >= 11 is 0. The molecule has 2 saturated heterocycles. The number of nitrogens with zero attached hydrogens (tertiary/aromatic N) is 1. The number of piperidine rings is 1. The molecule has 2 aliphatic rings. The molecule has 0 radical (unpaired) electrons. The third-order valence-electron chi connectivity index (χ3n) is 5.48. The fourth-order valence-corrected chi connectivity index (χ4v) is 3.72. The molecule has 5 heteroatoms. The number of ether oxygens (including phenoxy) is 2. The third kappa shape index (κ3) is 4.95. The normalized spacial score (nSPS) is 23.4. The van der Waals surface area contributed by atoms with Crippen LogP contribution in [0.15, 0.2) is 24.3 Å². The Morgan fingerprint density at radius 3 is 2.60 bits per heavy atom. The van der Waals surface area contributed by atoms with E-state index in [1.54, 1.807) is 7.11 Å². The number of hydrogen-bond donors (Lipinski definition) is 1. The minimum Gasteiger partial charge on any atom is -0.497 e. The van der Waals surface area contributed by atoms with Crippen LogP contribution in [0.1, 0.15) is 37.7 Å². The zero-order valence-corrected chi connectivity index (χ0v) is 15.4. The Bertz CT molecular complexity index is 547. The van der Waals surface area contributed by atoms with Crippen LogP contribution >= 0.6 is 0 Å². The lowest BCUT2D eigenvalue weighted by Crippen LogP contribution is -2.46. The van der Waals surface area contributed by atoms with Crippen LogP contribution in [-0.4, -0.2) is 56.8 Å². The number of amides is 1. The molecule has 2 aliphatic heterocycles. The van der Waals surface area contributed by atoms with E-state index in [4.69, 9.17) is 9.47 Å². The van der Waals surface area contributed by atoms with E-state index < -0.39 is 0 Å². The summed E-state index contributed by atoms with van der Waals surface area (Å²) in [5, 5.41) is 3.24. The predicted octanol–water partition coefficient (Wildman–Crippen LogP) is 2.42. The van der Waals surface area contributed by atoms with Crippen molar-refractivity contribution in [1.29, 1.82) is 0 Å². The first kappa shape index (κ1) is 18.2. The zero-order valence-electron chi connectivity index (χ0n) is 15.4. The van der Waals surface area contributed by atoms with Crippen LogP contribution in [0.3, 0.4) is 0 Å². The summed E-state index contributed by atoms with van der Waals surface area (Å²) in [7, 11) is 1.65. The van der Waals surface area contributed by atoms with E-state index in [0.717, 1.165) is 57.0 Å². The first-order valence-corrected chi connectivity index (χ1v) is 9.40. The maximum absolute atomic E-state index is 12.6. The summed E-state index contributed by atoms with van der Waals surface area (Å²) in [4.78, 5) is 15.1. The molecule has 138 valence electrons. The van der Waals surface area contributed by atoms with Gasteiger partial charge < -0.3 is 19.7 Å². The molecule has 2 atom stereocenters. The van der Waals surface area contributed by atoms with Crippen molar-refractivity contribution >= 4 is 5.91 Å². The fourth-order valence-electron chi connectivity index (χ4n) is 3.72. The Kier molecular flexibility index (Phi) is 6.32. The molecular formula is C20H30N2O3. The Hall–Kier alpha value is -1.59. The molecule has 5 nitrogen and oxygen atoms in total. The highest BCUT2D eigenvalue weighted by Gasteiger charge is 2.26. The number of carbonyl (C=O) groups is 1. The zero-order chi connectivity index (χ0) is 17.6. The summed E-state index contributed by atoms with van der Waals surface area (Å²) in [5.74, 6) is 1.49. The molecule has 1 amide bonds. The summed E-state index contributed by atoms with van der Waals surface area (Å²) in [6.45, 7) is 7.07. The van der Waals surface area contributed by atoms with Gasteiger partial charge in [-0.05, 0) is 49.8 Å². The largest absolute Gasteiger partial charge is 0.497 e. The molecule has 2 heterocycles. The number of likely N-dealkylation sites (tertiary alicyclic amines) is 1. The van der Waals surface area contributed by atoms with Gasteiger partial charge >= 0.3 is 0 Å². The fraction of sp³-hybridized carbons (Fsp3) is 0.650. The van der Waals surface area contributed by atoms with E-state index in [0.29, 0.717) is 12.0 Å². The highest BCUT2D eigenvalue weighted by Crippen LogP contribution is 2.21. The quantitative estimate of drug-likeness (QED) is 0.859. The minimum atomic E-state index is -0.139. The van der Waals surface area contributed by atoms with E-state index in [9.17, 15) is 4.79 Å². The molecule has 1 aromatic carbocycles. The lowest BCUT2D eigenvalue weighted by molar-refractivity contribution is -0.123. The summed E-state index contributed by atoms with van der Waals surface area (Å²) < 4.78 is 10.6. The van der Waals surface area contributed by atoms with Gasteiger partial charge in [-0.2, -0.15) is 0 Å². The SMILES string of the molecule is COc1ccc(C(C)C(=O)NC2CCN(CC3CCOC3)CC2)cc1. The molecule has 0 bridgehead atoms. The van der Waals surface area contributed by atoms with Crippen molar-refractivity contribution in [1.82, 2.24) is 10.2 Å². The average Bonchev–Trinajstić information content (AvgIpc) is 3.16. The molecule has 0 saturated carbocycles. The van der Waals surface area contributed by atoms with Gasteiger partial charge in [0.15, 0.2) is 0 Å². The van der Waals surface area contributed by atoms with Gasteiger partial charge in [-0.15, -0.1) is 0 Å². The maximum Gasteiger partial charge on any atom is 0.227 e. The number of benzene rings is 1. The Morgan fingerprint density at radius 2 is 2.00 bits per heavy atom. The molecule has 0 aromatic heterocycles. The van der Waals surface area contributed by atoms with E-state index in [-0.39, 0.29) is 11.8 Å². The summed E-state index contributed by atoms with van der Waals surface area (Å²) in [5.41, 5.74) is 1.02. The van der Waals surface area contributed by atoms with Gasteiger partial charge in [0.2, 0.25) is 5.91 Å². The Balaban J connectivity index is 1.43. The van der Waals surface area contributed by atoms with Crippen molar-refractivity contribution in [3.05, 3.63) is 29.8 Å². The second kappa shape index (κ2) is 8.68. The number of nitrogens with one attached hydrogen (secondary N) is 1. The van der Waals surface area contributed by atoms with Crippen LogP contribution in [0, 0.1) is 5.92 Å². The number of methoxy groups -OCH3 is 1. The van der Waals surface area contributed by atoms with Crippen LogP contribution in [0.5, 0.6) is 5.75 Å². The molecule has 2 unspecified atom stereocenters. The summed E-state index contributed by atoms with van der Waals surface area (Å²) in [6.07, 6.45) is 3.26. The molecule has 3 rings (SSSR count). The number of carbonyl (C=O) groups excluding carboxylic acids is 1. The van der Waals surface area contributed by atoms with Crippen LogP contribution in [-0.2, 0) is 9.53 Å². The molecule has 0 aliphatic carbocycles. The lowest BCUT2D eigenvalue weighted by atomic mass is 9.98. The summed E-state index contributed by atoms with van der Waals surface area (Å²) in [6, 6.07) is 8.05. The van der Waals surface area contributed by atoms with Gasteiger partial charge in [0, 0.05) is 32.3 Å². The highest BCUT2D eigenvalue weighted by molar-refractivity contribution is 5.83. The van der Waals surface area contributed by atoms with E-state index in [1.165, 1.54) is 6.42 Å². The van der Waals surface area contributed by atoms with Crippen LogP contribution in [0.4, 0.5) is 0 Å². The van der Waals surface area contributed by atoms with Crippen molar-refractivity contribution in [2.45, 2.75) is 38.1 Å². The van der Waals surface area contributed by atoms with Gasteiger partial charge in [-0.1, -0.05) is 12.1 Å². The van der Waals surface area contributed by atoms with Gasteiger partial charge in [-0.3, -0.25) is 4.79 Å². The average molecular weight is 346 g/mol. The van der Waals surface area contributed by atoms with Crippen molar-refractivity contribution in [2.24, 2.45) is 5.92 Å².